The first-order valence-corrected chi connectivity index (χ1v) is 9.27. The van der Waals surface area contributed by atoms with E-state index in [9.17, 15) is 9.50 Å². The molecule has 0 amide bonds. The molecule has 0 radical (unpaired) electrons. The molecule has 0 bridgehead atoms. The van der Waals surface area contributed by atoms with Gasteiger partial charge in [0.15, 0.2) is 0 Å². The van der Waals surface area contributed by atoms with Crippen molar-refractivity contribution in [2.24, 2.45) is 11.8 Å². The Labute approximate surface area is 148 Å². The molecule has 0 saturated heterocycles. The summed E-state index contributed by atoms with van der Waals surface area (Å²) in [6.45, 7) is 2.57. The molecule has 0 fully saturated rings. The van der Waals surface area contributed by atoms with E-state index in [0.29, 0.717) is 11.8 Å². The summed E-state index contributed by atoms with van der Waals surface area (Å²) in [6, 6.07) is 6.61. The maximum Gasteiger partial charge on any atom is 0.123 e. The first-order valence-electron chi connectivity index (χ1n) is 9.27. The monoisotopic (exact) mass is 340 g/mol. The predicted molar refractivity (Wildman–Crippen MR) is 98.0 cm³/mol. The van der Waals surface area contributed by atoms with Gasteiger partial charge in [-0.25, -0.2) is 4.39 Å². The van der Waals surface area contributed by atoms with Gasteiger partial charge in [-0.05, 0) is 73.9 Å². The van der Waals surface area contributed by atoms with Crippen LogP contribution in [0.25, 0.3) is 0 Å². The standard InChI is InChI=1S/C21H25FN2O/c1-14-19-13-23-24(18-9-7-17(22)8-10-18)20(19)12-16-5-2-4-15(21(14)16)6-3-11-25/h7-10,12-15,23,25H,2-6,11H2,1H3/t14-,15?/m0/s1. The second kappa shape index (κ2) is 6.68. The van der Waals surface area contributed by atoms with Crippen molar-refractivity contribution in [3.63, 3.8) is 0 Å². The summed E-state index contributed by atoms with van der Waals surface area (Å²) < 4.78 is 13.2. The minimum Gasteiger partial charge on any atom is -0.396 e. The van der Waals surface area contributed by atoms with Crippen LogP contribution < -0.4 is 10.4 Å². The summed E-state index contributed by atoms with van der Waals surface area (Å²) in [6.07, 6.45) is 9.93. The highest BCUT2D eigenvalue weighted by atomic mass is 19.1. The highest BCUT2D eigenvalue weighted by Crippen LogP contribution is 2.47. The number of nitrogens with one attached hydrogen (secondary N) is 1. The van der Waals surface area contributed by atoms with Gasteiger partial charge in [0, 0.05) is 24.3 Å². The molecule has 2 N–H and O–H groups in total. The molecule has 0 aromatic heterocycles. The maximum atomic E-state index is 13.2. The molecule has 2 aliphatic carbocycles. The smallest absolute Gasteiger partial charge is 0.123 e. The fourth-order valence-electron chi connectivity index (χ4n) is 4.56. The zero-order valence-corrected chi connectivity index (χ0v) is 14.6. The summed E-state index contributed by atoms with van der Waals surface area (Å²) in [5.74, 6) is 0.757. The number of aliphatic hydroxyl groups is 1. The Hall–Kier alpha value is -2.07. The largest absolute Gasteiger partial charge is 0.396 e. The van der Waals surface area contributed by atoms with Crippen molar-refractivity contribution in [1.82, 2.24) is 5.43 Å². The van der Waals surface area contributed by atoms with E-state index in [0.717, 1.165) is 24.9 Å². The van der Waals surface area contributed by atoms with Crippen LogP contribution in [0.5, 0.6) is 0 Å². The molecule has 1 aliphatic heterocycles. The van der Waals surface area contributed by atoms with Gasteiger partial charge in [-0.2, -0.15) is 0 Å². The van der Waals surface area contributed by atoms with Crippen molar-refractivity contribution in [1.29, 1.82) is 0 Å². The van der Waals surface area contributed by atoms with Gasteiger partial charge in [-0.1, -0.05) is 12.5 Å². The van der Waals surface area contributed by atoms with Gasteiger partial charge >= 0.3 is 0 Å². The highest BCUT2D eigenvalue weighted by Gasteiger charge is 2.36. The summed E-state index contributed by atoms with van der Waals surface area (Å²) >= 11 is 0. The van der Waals surface area contributed by atoms with E-state index in [1.54, 1.807) is 17.7 Å². The van der Waals surface area contributed by atoms with Gasteiger partial charge in [0.25, 0.3) is 0 Å². The number of nitrogens with zero attached hydrogens (tertiary/aromatic N) is 1. The Morgan fingerprint density at radius 1 is 1.28 bits per heavy atom. The Morgan fingerprint density at radius 3 is 2.84 bits per heavy atom. The molecule has 1 heterocycles. The molecule has 4 rings (SSSR count). The van der Waals surface area contributed by atoms with Gasteiger partial charge < -0.3 is 10.5 Å². The molecular formula is C21H25FN2O. The molecule has 25 heavy (non-hydrogen) atoms. The van der Waals surface area contributed by atoms with Crippen molar-refractivity contribution in [2.45, 2.75) is 39.0 Å². The summed E-state index contributed by atoms with van der Waals surface area (Å²) in [4.78, 5) is 0. The second-order valence-electron chi connectivity index (χ2n) is 7.23. The molecule has 132 valence electrons. The van der Waals surface area contributed by atoms with Crippen molar-refractivity contribution in [3.05, 3.63) is 64.8 Å². The number of hydrazine groups is 1. The first-order chi connectivity index (χ1) is 12.2. The van der Waals surface area contributed by atoms with Crippen LogP contribution in [-0.4, -0.2) is 11.7 Å². The van der Waals surface area contributed by atoms with Crippen LogP contribution in [-0.2, 0) is 0 Å². The molecule has 1 aromatic rings. The number of hydrogen-bond acceptors (Lipinski definition) is 3. The maximum absolute atomic E-state index is 13.2. The Morgan fingerprint density at radius 2 is 2.08 bits per heavy atom. The molecule has 3 nitrogen and oxygen atoms in total. The van der Waals surface area contributed by atoms with Crippen molar-refractivity contribution >= 4 is 5.69 Å². The predicted octanol–water partition coefficient (Wildman–Crippen LogP) is 4.44. The van der Waals surface area contributed by atoms with E-state index < -0.39 is 0 Å². The van der Waals surface area contributed by atoms with Gasteiger partial charge in [0.05, 0.1) is 11.4 Å². The highest BCUT2D eigenvalue weighted by molar-refractivity contribution is 5.64. The minimum atomic E-state index is -0.217. The number of anilines is 1. The van der Waals surface area contributed by atoms with Crippen LogP contribution >= 0.6 is 0 Å². The third-order valence-electron chi connectivity index (χ3n) is 5.73. The fraction of sp³-hybridized carbons (Fsp3) is 0.429. The Bertz CT molecular complexity index is 748. The first kappa shape index (κ1) is 16.4. The molecule has 4 heteroatoms. The lowest BCUT2D eigenvalue weighted by atomic mass is 9.70. The van der Waals surface area contributed by atoms with E-state index >= 15 is 0 Å². The normalized spacial score (nSPS) is 25.2. The summed E-state index contributed by atoms with van der Waals surface area (Å²) in [5.41, 5.74) is 9.81. The number of hydrogen-bond donors (Lipinski definition) is 2. The zero-order valence-electron chi connectivity index (χ0n) is 14.6. The van der Waals surface area contributed by atoms with Crippen LogP contribution in [0.4, 0.5) is 10.1 Å². The topological polar surface area (TPSA) is 35.5 Å². The lowest BCUT2D eigenvalue weighted by Crippen LogP contribution is -2.31. The van der Waals surface area contributed by atoms with Crippen molar-refractivity contribution < 1.29 is 9.50 Å². The quantitative estimate of drug-likeness (QED) is 0.851. The third-order valence-corrected chi connectivity index (χ3v) is 5.73. The lowest BCUT2D eigenvalue weighted by Gasteiger charge is -2.36. The van der Waals surface area contributed by atoms with Gasteiger partial charge in [-0.15, -0.1) is 0 Å². The zero-order chi connectivity index (χ0) is 17.4. The number of allylic oxidation sites excluding steroid dienone is 4. The van der Waals surface area contributed by atoms with Crippen LogP contribution in [0.1, 0.15) is 39.0 Å². The third kappa shape index (κ3) is 2.89. The van der Waals surface area contributed by atoms with Crippen LogP contribution in [0, 0.1) is 17.7 Å². The van der Waals surface area contributed by atoms with Crippen LogP contribution in [0.3, 0.4) is 0 Å². The van der Waals surface area contributed by atoms with Crippen LogP contribution in [0.2, 0.25) is 0 Å². The Balaban J connectivity index is 1.68. The SMILES string of the molecule is C[C@H]1C2=CNN(c3ccc(F)cc3)C2=CC2=C1C(CCCO)CCC2. The number of fused-ring (bicyclic) bond motifs is 1. The average Bonchev–Trinajstić information content (AvgIpc) is 3.05. The molecule has 2 atom stereocenters. The molecule has 0 spiro atoms. The molecule has 1 unspecified atom stereocenters. The Kier molecular flexibility index (Phi) is 4.38. The van der Waals surface area contributed by atoms with Gasteiger partial charge in [0.1, 0.15) is 5.82 Å². The molecule has 0 saturated carbocycles. The van der Waals surface area contributed by atoms with E-state index in [1.807, 2.05) is 5.01 Å². The number of benzene rings is 1. The lowest BCUT2D eigenvalue weighted by molar-refractivity contribution is 0.269. The number of aliphatic hydroxyl groups excluding tert-OH is 1. The van der Waals surface area contributed by atoms with E-state index in [1.165, 1.54) is 41.8 Å². The van der Waals surface area contributed by atoms with Gasteiger partial charge in [0.2, 0.25) is 0 Å². The summed E-state index contributed by atoms with van der Waals surface area (Å²) in [5, 5.41) is 11.3. The van der Waals surface area contributed by atoms with E-state index in [-0.39, 0.29) is 12.4 Å². The second-order valence-corrected chi connectivity index (χ2v) is 7.23. The van der Waals surface area contributed by atoms with Gasteiger partial charge in [-0.3, -0.25) is 5.01 Å². The van der Waals surface area contributed by atoms with Crippen LogP contribution in [0.15, 0.2) is 59.0 Å². The molecule has 1 aromatic carbocycles. The molecular weight excluding hydrogens is 315 g/mol. The van der Waals surface area contributed by atoms with Crippen molar-refractivity contribution in [3.8, 4) is 0 Å². The minimum absolute atomic E-state index is 0.217. The van der Waals surface area contributed by atoms with E-state index in [4.69, 9.17) is 0 Å². The number of rotatable bonds is 4. The number of halogens is 1. The molecule has 3 aliphatic rings. The fourth-order valence-corrected chi connectivity index (χ4v) is 4.56. The van der Waals surface area contributed by atoms with E-state index in [2.05, 4.69) is 24.6 Å². The van der Waals surface area contributed by atoms with Crippen molar-refractivity contribution in [2.75, 3.05) is 11.6 Å². The average molecular weight is 340 g/mol. The summed E-state index contributed by atoms with van der Waals surface area (Å²) in [7, 11) is 0.